The lowest BCUT2D eigenvalue weighted by Gasteiger charge is -2.22. The van der Waals surface area contributed by atoms with Gasteiger partial charge in [-0.25, -0.2) is 14.8 Å². The van der Waals surface area contributed by atoms with Gasteiger partial charge in [-0.2, -0.15) is 26.3 Å². The summed E-state index contributed by atoms with van der Waals surface area (Å²) >= 11 is 0. The van der Waals surface area contributed by atoms with Gasteiger partial charge in [0.05, 0.1) is 5.56 Å². The average Bonchev–Trinajstić information content (AvgIpc) is 3.25. The second-order valence-corrected chi connectivity index (χ2v) is 7.92. The molecule has 1 aliphatic carbocycles. The summed E-state index contributed by atoms with van der Waals surface area (Å²) in [4.78, 5) is 19.9. The van der Waals surface area contributed by atoms with Gasteiger partial charge in [-0.3, -0.25) is 0 Å². The first-order valence-electron chi connectivity index (χ1n) is 9.54. The SMILES string of the molecule is O=C(O)c1cc(C(F)(F)F)nc(N2C[C@H]3C[C@H](c4ccccc4C(F)(F)F)C[C@H]3C2)n1. The molecule has 166 valence electrons. The summed E-state index contributed by atoms with van der Waals surface area (Å²) in [6, 6.07) is 5.82. The van der Waals surface area contributed by atoms with E-state index < -0.39 is 35.3 Å². The molecule has 0 bridgehead atoms. The molecule has 2 heterocycles. The fourth-order valence-electron chi connectivity index (χ4n) is 4.66. The monoisotopic (exact) mass is 445 g/mol. The standard InChI is InChI=1S/C20H17F6N3O2/c21-19(22,23)14-4-2-1-3-13(14)10-5-11-8-29(9-12(11)6-10)18-27-15(17(30)31)7-16(28-18)20(24,25)26/h1-4,7,10-12H,5-6,8-9H2,(H,30,31)/t10-,11+,12-. The number of carbonyl (C=O) groups is 1. The Balaban J connectivity index is 1.55. The average molecular weight is 445 g/mol. The van der Waals surface area contributed by atoms with Crippen molar-refractivity contribution < 1.29 is 36.2 Å². The van der Waals surface area contributed by atoms with E-state index in [1.54, 1.807) is 6.07 Å². The molecule has 31 heavy (non-hydrogen) atoms. The number of aromatic nitrogens is 2. The number of rotatable bonds is 3. The topological polar surface area (TPSA) is 66.3 Å². The summed E-state index contributed by atoms with van der Waals surface area (Å²) in [5, 5.41) is 9.09. The van der Waals surface area contributed by atoms with Crippen molar-refractivity contribution in [2.24, 2.45) is 11.8 Å². The van der Waals surface area contributed by atoms with Gasteiger partial charge >= 0.3 is 18.3 Å². The fraction of sp³-hybridized carbons (Fsp3) is 0.450. The third-order valence-electron chi connectivity index (χ3n) is 5.96. The first-order valence-corrected chi connectivity index (χ1v) is 9.54. The van der Waals surface area contributed by atoms with Gasteiger partial charge in [0.15, 0.2) is 11.4 Å². The van der Waals surface area contributed by atoms with Crippen LogP contribution < -0.4 is 4.90 Å². The molecular weight excluding hydrogens is 428 g/mol. The minimum absolute atomic E-state index is 0.0438. The summed E-state index contributed by atoms with van der Waals surface area (Å²) in [5.74, 6) is -2.31. The highest BCUT2D eigenvalue weighted by Gasteiger charge is 2.45. The number of anilines is 1. The molecule has 2 aliphatic rings. The molecule has 4 rings (SSSR count). The maximum atomic E-state index is 13.3. The second kappa shape index (κ2) is 7.38. The summed E-state index contributed by atoms with van der Waals surface area (Å²) in [7, 11) is 0. The molecule has 2 fully saturated rings. The van der Waals surface area contributed by atoms with Crippen LogP contribution in [-0.2, 0) is 12.4 Å². The van der Waals surface area contributed by atoms with Crippen LogP contribution in [0.4, 0.5) is 32.3 Å². The van der Waals surface area contributed by atoms with E-state index in [-0.39, 0.29) is 42.4 Å². The molecule has 0 unspecified atom stereocenters. The molecule has 1 aromatic heterocycles. The zero-order valence-electron chi connectivity index (χ0n) is 15.9. The maximum Gasteiger partial charge on any atom is 0.433 e. The number of carboxylic acid groups (broad SMARTS) is 1. The lowest BCUT2D eigenvalue weighted by atomic mass is 9.91. The van der Waals surface area contributed by atoms with Gasteiger partial charge in [-0.15, -0.1) is 0 Å². The van der Waals surface area contributed by atoms with Crippen LogP contribution in [0.5, 0.6) is 0 Å². The highest BCUT2D eigenvalue weighted by molar-refractivity contribution is 5.85. The molecule has 1 N–H and O–H groups in total. The van der Waals surface area contributed by atoms with Crippen molar-refractivity contribution in [1.82, 2.24) is 9.97 Å². The van der Waals surface area contributed by atoms with E-state index in [4.69, 9.17) is 5.11 Å². The molecule has 0 radical (unpaired) electrons. The van der Waals surface area contributed by atoms with Crippen LogP contribution in [0.25, 0.3) is 0 Å². The van der Waals surface area contributed by atoms with Crippen molar-refractivity contribution in [3.8, 4) is 0 Å². The Morgan fingerprint density at radius 1 is 0.968 bits per heavy atom. The van der Waals surface area contributed by atoms with Gasteiger partial charge in [-0.1, -0.05) is 18.2 Å². The summed E-state index contributed by atoms with van der Waals surface area (Å²) < 4.78 is 79.4. The number of hydrogen-bond donors (Lipinski definition) is 1. The van der Waals surface area contributed by atoms with Crippen LogP contribution in [0.3, 0.4) is 0 Å². The smallest absolute Gasteiger partial charge is 0.433 e. The Morgan fingerprint density at radius 3 is 2.13 bits per heavy atom. The minimum Gasteiger partial charge on any atom is -0.477 e. The molecule has 5 nitrogen and oxygen atoms in total. The van der Waals surface area contributed by atoms with Crippen molar-refractivity contribution in [1.29, 1.82) is 0 Å². The van der Waals surface area contributed by atoms with Gasteiger partial charge in [-0.05, 0) is 42.2 Å². The van der Waals surface area contributed by atoms with E-state index in [1.165, 1.54) is 17.0 Å². The summed E-state index contributed by atoms with van der Waals surface area (Å²) in [6.45, 7) is 0.519. The lowest BCUT2D eigenvalue weighted by Crippen LogP contribution is -2.26. The number of aromatic carboxylic acids is 1. The van der Waals surface area contributed by atoms with Crippen LogP contribution in [0.1, 0.15) is 46.1 Å². The molecule has 11 heteroatoms. The number of benzene rings is 1. The van der Waals surface area contributed by atoms with Crippen molar-refractivity contribution in [3.63, 3.8) is 0 Å². The normalized spacial score (nSPS) is 23.8. The van der Waals surface area contributed by atoms with Gasteiger partial charge in [0.2, 0.25) is 5.95 Å². The van der Waals surface area contributed by atoms with E-state index in [0.29, 0.717) is 18.9 Å². The number of hydrogen-bond acceptors (Lipinski definition) is 4. The molecule has 1 saturated carbocycles. The second-order valence-electron chi connectivity index (χ2n) is 7.92. The summed E-state index contributed by atoms with van der Waals surface area (Å²) in [6.07, 6.45) is -8.37. The predicted molar refractivity (Wildman–Crippen MR) is 96.6 cm³/mol. The molecule has 3 atom stereocenters. The highest BCUT2D eigenvalue weighted by Crippen LogP contribution is 2.49. The quantitative estimate of drug-likeness (QED) is 0.685. The van der Waals surface area contributed by atoms with Crippen LogP contribution in [-0.4, -0.2) is 34.1 Å². The van der Waals surface area contributed by atoms with E-state index in [0.717, 1.165) is 6.07 Å². The van der Waals surface area contributed by atoms with Gasteiger partial charge in [0.1, 0.15) is 0 Å². The summed E-state index contributed by atoms with van der Waals surface area (Å²) in [5.41, 5.74) is -2.53. The Labute approximate surface area is 172 Å². The Bertz CT molecular complexity index is 993. The Kier molecular flexibility index (Phi) is 5.09. The van der Waals surface area contributed by atoms with Crippen molar-refractivity contribution in [2.75, 3.05) is 18.0 Å². The third-order valence-corrected chi connectivity index (χ3v) is 5.96. The maximum absolute atomic E-state index is 13.3. The number of alkyl halides is 6. The van der Waals surface area contributed by atoms with E-state index in [9.17, 15) is 31.1 Å². The molecular formula is C20H17F6N3O2. The van der Waals surface area contributed by atoms with E-state index >= 15 is 0 Å². The number of nitrogens with zero attached hydrogens (tertiary/aromatic N) is 3. The zero-order chi connectivity index (χ0) is 22.6. The Hall–Kier alpha value is -2.85. The van der Waals surface area contributed by atoms with Gasteiger partial charge < -0.3 is 10.0 Å². The minimum atomic E-state index is -4.83. The van der Waals surface area contributed by atoms with Crippen molar-refractivity contribution >= 4 is 11.9 Å². The lowest BCUT2D eigenvalue weighted by molar-refractivity contribution is -0.141. The van der Waals surface area contributed by atoms with Crippen LogP contribution >= 0.6 is 0 Å². The van der Waals surface area contributed by atoms with E-state index in [2.05, 4.69) is 9.97 Å². The van der Waals surface area contributed by atoms with Gasteiger partial charge in [0, 0.05) is 19.2 Å². The van der Waals surface area contributed by atoms with Crippen molar-refractivity contribution in [3.05, 3.63) is 52.8 Å². The van der Waals surface area contributed by atoms with E-state index in [1.807, 2.05) is 0 Å². The Morgan fingerprint density at radius 2 is 1.58 bits per heavy atom. The largest absolute Gasteiger partial charge is 0.477 e. The molecule has 2 aromatic rings. The van der Waals surface area contributed by atoms with Crippen LogP contribution in [0.2, 0.25) is 0 Å². The number of fused-ring (bicyclic) bond motifs is 1. The van der Waals surface area contributed by atoms with Gasteiger partial charge in [0.25, 0.3) is 0 Å². The molecule has 0 amide bonds. The zero-order valence-corrected chi connectivity index (χ0v) is 15.9. The third kappa shape index (κ3) is 4.17. The van der Waals surface area contributed by atoms with Crippen molar-refractivity contribution in [2.45, 2.75) is 31.1 Å². The number of halogens is 6. The highest BCUT2D eigenvalue weighted by atomic mass is 19.4. The number of carboxylic acids is 1. The van der Waals surface area contributed by atoms with Crippen LogP contribution in [0, 0.1) is 11.8 Å². The predicted octanol–water partition coefficient (Wildman–Crippen LogP) is 4.84. The molecule has 1 saturated heterocycles. The first kappa shape index (κ1) is 21.4. The fourth-order valence-corrected chi connectivity index (χ4v) is 4.66. The molecule has 0 spiro atoms. The molecule has 1 aliphatic heterocycles. The van der Waals surface area contributed by atoms with Crippen LogP contribution in [0.15, 0.2) is 30.3 Å². The first-order chi connectivity index (χ1) is 14.4. The molecule has 1 aromatic carbocycles.